The molecule has 0 amide bonds. The van der Waals surface area contributed by atoms with E-state index in [2.05, 4.69) is 13.1 Å². The molecule has 0 aliphatic carbocycles. The SMILES string of the molecule is C[Si](C)(CCCN)OC(CCN)CCN. The summed E-state index contributed by atoms with van der Waals surface area (Å²) in [6, 6.07) is 1.12. The van der Waals surface area contributed by atoms with Crippen LogP contribution in [0.15, 0.2) is 0 Å². The Labute approximate surface area is 94.7 Å². The van der Waals surface area contributed by atoms with E-state index >= 15 is 0 Å². The maximum absolute atomic E-state index is 6.14. The molecule has 0 aromatic heterocycles. The second-order valence-corrected chi connectivity index (χ2v) is 8.80. The Morgan fingerprint density at radius 2 is 1.53 bits per heavy atom. The molecule has 0 rings (SSSR count). The molecule has 92 valence electrons. The summed E-state index contributed by atoms with van der Waals surface area (Å²) in [5.74, 6) is 0. The summed E-state index contributed by atoms with van der Waals surface area (Å²) in [5.41, 5.74) is 16.6. The highest BCUT2D eigenvalue weighted by Gasteiger charge is 2.25. The third-order valence-electron chi connectivity index (χ3n) is 2.45. The fraction of sp³-hybridized carbons (Fsp3) is 1.00. The van der Waals surface area contributed by atoms with Crippen molar-refractivity contribution in [1.29, 1.82) is 0 Å². The van der Waals surface area contributed by atoms with Gasteiger partial charge in [0.1, 0.15) is 0 Å². The topological polar surface area (TPSA) is 87.3 Å². The predicted molar refractivity (Wildman–Crippen MR) is 68.2 cm³/mol. The van der Waals surface area contributed by atoms with Gasteiger partial charge in [0.05, 0.1) is 0 Å². The van der Waals surface area contributed by atoms with Crippen molar-refractivity contribution in [3.63, 3.8) is 0 Å². The molecular weight excluding hydrogens is 206 g/mol. The molecule has 0 aromatic carbocycles. The largest absolute Gasteiger partial charge is 0.414 e. The van der Waals surface area contributed by atoms with Crippen molar-refractivity contribution in [3.05, 3.63) is 0 Å². The lowest BCUT2D eigenvalue weighted by Gasteiger charge is -2.29. The minimum absolute atomic E-state index is 0.249. The third kappa shape index (κ3) is 7.93. The molecule has 0 saturated carbocycles. The zero-order chi connectivity index (χ0) is 11.7. The number of nitrogens with two attached hydrogens (primary N) is 3. The van der Waals surface area contributed by atoms with Crippen molar-refractivity contribution in [2.75, 3.05) is 19.6 Å². The molecule has 4 nitrogen and oxygen atoms in total. The zero-order valence-corrected chi connectivity index (χ0v) is 11.2. The van der Waals surface area contributed by atoms with E-state index in [-0.39, 0.29) is 6.10 Å². The van der Waals surface area contributed by atoms with E-state index in [0.29, 0.717) is 13.1 Å². The van der Waals surface area contributed by atoms with E-state index in [1.54, 1.807) is 0 Å². The van der Waals surface area contributed by atoms with E-state index in [0.717, 1.165) is 31.9 Å². The van der Waals surface area contributed by atoms with E-state index in [1.165, 1.54) is 0 Å². The van der Waals surface area contributed by atoms with Gasteiger partial charge >= 0.3 is 0 Å². The van der Waals surface area contributed by atoms with Crippen LogP contribution in [0.25, 0.3) is 0 Å². The Kier molecular flexibility index (Phi) is 8.27. The van der Waals surface area contributed by atoms with Crippen LogP contribution in [-0.4, -0.2) is 34.1 Å². The average Bonchev–Trinajstić information content (AvgIpc) is 2.15. The molecule has 6 N–H and O–H groups in total. The van der Waals surface area contributed by atoms with Crippen molar-refractivity contribution in [3.8, 4) is 0 Å². The lowest BCUT2D eigenvalue weighted by Crippen LogP contribution is -2.37. The summed E-state index contributed by atoms with van der Waals surface area (Å²) in [5, 5.41) is 0. The Hall–Kier alpha value is 0.0569. The van der Waals surface area contributed by atoms with Crippen LogP contribution in [0.3, 0.4) is 0 Å². The molecule has 0 spiro atoms. The smallest absolute Gasteiger partial charge is 0.187 e. The van der Waals surface area contributed by atoms with Gasteiger partial charge in [0.2, 0.25) is 0 Å². The summed E-state index contributed by atoms with van der Waals surface area (Å²) in [6.45, 7) is 6.57. The van der Waals surface area contributed by atoms with Crippen LogP contribution in [0.5, 0.6) is 0 Å². The van der Waals surface area contributed by atoms with Gasteiger partial charge in [0, 0.05) is 6.10 Å². The molecule has 0 saturated heterocycles. The normalized spacial score (nSPS) is 12.4. The Bertz CT molecular complexity index is 150. The molecule has 0 aliphatic heterocycles. The third-order valence-corrected chi connectivity index (χ3v) is 4.98. The first kappa shape index (κ1) is 15.1. The molecule has 5 heteroatoms. The Morgan fingerprint density at radius 3 is 1.93 bits per heavy atom. The maximum Gasteiger partial charge on any atom is 0.187 e. The summed E-state index contributed by atoms with van der Waals surface area (Å²) in [4.78, 5) is 0. The quantitative estimate of drug-likeness (QED) is 0.510. The lowest BCUT2D eigenvalue weighted by molar-refractivity contribution is 0.175. The van der Waals surface area contributed by atoms with Crippen LogP contribution in [0.1, 0.15) is 19.3 Å². The van der Waals surface area contributed by atoms with Gasteiger partial charge in [-0.25, -0.2) is 0 Å². The monoisotopic (exact) mass is 233 g/mol. The first-order valence-corrected chi connectivity index (χ1v) is 8.95. The molecule has 0 atom stereocenters. The second-order valence-electron chi connectivity index (χ2n) is 4.55. The molecular formula is C10H27N3OSi. The molecule has 0 radical (unpaired) electrons. The van der Waals surface area contributed by atoms with Crippen LogP contribution in [-0.2, 0) is 4.43 Å². The first-order chi connectivity index (χ1) is 7.05. The maximum atomic E-state index is 6.14. The van der Waals surface area contributed by atoms with E-state index in [1.807, 2.05) is 0 Å². The fourth-order valence-corrected chi connectivity index (χ4v) is 3.98. The number of hydrogen-bond acceptors (Lipinski definition) is 4. The van der Waals surface area contributed by atoms with Crippen molar-refractivity contribution < 1.29 is 4.43 Å². The van der Waals surface area contributed by atoms with Crippen molar-refractivity contribution in [2.24, 2.45) is 17.2 Å². The van der Waals surface area contributed by atoms with Gasteiger partial charge in [-0.05, 0) is 58.0 Å². The fourth-order valence-electron chi connectivity index (χ4n) is 1.67. The highest BCUT2D eigenvalue weighted by Crippen LogP contribution is 2.18. The van der Waals surface area contributed by atoms with Crippen LogP contribution >= 0.6 is 0 Å². The predicted octanol–water partition coefficient (Wildman–Crippen LogP) is 0.623. The van der Waals surface area contributed by atoms with Gasteiger partial charge < -0.3 is 21.6 Å². The van der Waals surface area contributed by atoms with Crippen LogP contribution in [0, 0.1) is 0 Å². The van der Waals surface area contributed by atoms with Crippen LogP contribution in [0.2, 0.25) is 19.1 Å². The van der Waals surface area contributed by atoms with Gasteiger partial charge in [-0.1, -0.05) is 0 Å². The van der Waals surface area contributed by atoms with Crippen LogP contribution < -0.4 is 17.2 Å². The number of rotatable bonds is 9. The highest BCUT2D eigenvalue weighted by molar-refractivity contribution is 6.71. The summed E-state index contributed by atoms with van der Waals surface area (Å²) in [7, 11) is -1.55. The molecule has 0 aromatic rings. The van der Waals surface area contributed by atoms with Gasteiger partial charge in [0.15, 0.2) is 8.32 Å². The van der Waals surface area contributed by atoms with Gasteiger partial charge in [-0.2, -0.15) is 0 Å². The molecule has 0 fully saturated rings. The second kappa shape index (κ2) is 8.24. The zero-order valence-electron chi connectivity index (χ0n) is 10.2. The standard InChI is InChI=1S/C10H27N3OSi/c1-15(2,9-3-6-11)14-10(4-7-12)5-8-13/h10H,3-9,11-13H2,1-2H3. The molecule has 0 bridgehead atoms. The van der Waals surface area contributed by atoms with Crippen LogP contribution in [0.4, 0.5) is 0 Å². The van der Waals surface area contributed by atoms with Crippen molar-refractivity contribution >= 4 is 8.32 Å². The lowest BCUT2D eigenvalue weighted by atomic mass is 10.2. The highest BCUT2D eigenvalue weighted by atomic mass is 28.4. The van der Waals surface area contributed by atoms with E-state index in [4.69, 9.17) is 21.6 Å². The minimum atomic E-state index is -1.55. The molecule has 0 unspecified atom stereocenters. The summed E-state index contributed by atoms with van der Waals surface area (Å²) < 4.78 is 6.14. The first-order valence-electron chi connectivity index (χ1n) is 5.83. The van der Waals surface area contributed by atoms with Gasteiger partial charge in [-0.3, -0.25) is 0 Å². The van der Waals surface area contributed by atoms with E-state index < -0.39 is 8.32 Å². The number of hydrogen-bond donors (Lipinski definition) is 3. The molecule has 0 aliphatic rings. The van der Waals surface area contributed by atoms with Crippen molar-refractivity contribution in [1.82, 2.24) is 0 Å². The average molecular weight is 233 g/mol. The summed E-state index contributed by atoms with van der Waals surface area (Å²) >= 11 is 0. The van der Waals surface area contributed by atoms with Gasteiger partial charge in [-0.15, -0.1) is 0 Å². The van der Waals surface area contributed by atoms with Gasteiger partial charge in [0.25, 0.3) is 0 Å². The Balaban J connectivity index is 3.99. The van der Waals surface area contributed by atoms with E-state index in [9.17, 15) is 0 Å². The Morgan fingerprint density at radius 1 is 1.00 bits per heavy atom. The van der Waals surface area contributed by atoms with Crippen molar-refractivity contribution in [2.45, 2.75) is 44.5 Å². The summed E-state index contributed by atoms with van der Waals surface area (Å²) in [6.07, 6.45) is 3.13. The minimum Gasteiger partial charge on any atom is -0.414 e. The molecule has 0 heterocycles. The molecule has 15 heavy (non-hydrogen) atoms.